The number of hydrogen-bond donors (Lipinski definition) is 0. The number of para-hydroxylation sites is 2. The lowest BCUT2D eigenvalue weighted by Crippen LogP contribution is -2.14. The number of carbonyl (C=O) groups excluding carboxylic acids is 2. The molecular formula is C44H38Br2Cl2N2O6. The Morgan fingerprint density at radius 1 is 0.625 bits per heavy atom. The summed E-state index contributed by atoms with van der Waals surface area (Å²) in [6, 6.07) is 36.8. The summed E-state index contributed by atoms with van der Waals surface area (Å²) < 4.78 is 23.6. The first-order valence-corrected chi connectivity index (χ1v) is 19.9. The molecule has 0 N–H and O–H groups in total. The van der Waals surface area contributed by atoms with E-state index in [1.807, 2.05) is 101 Å². The summed E-state index contributed by atoms with van der Waals surface area (Å²) in [4.78, 5) is 25.3. The number of benzene rings is 4. The predicted octanol–water partition coefficient (Wildman–Crippen LogP) is 12.7. The molecule has 0 aromatic heterocycles. The van der Waals surface area contributed by atoms with Crippen molar-refractivity contribution in [3.05, 3.63) is 140 Å². The molecular weight excluding hydrogens is 883 g/mol. The van der Waals surface area contributed by atoms with Gasteiger partial charge >= 0.3 is 11.9 Å². The van der Waals surface area contributed by atoms with Crippen LogP contribution in [-0.4, -0.2) is 11.9 Å². The molecule has 2 fully saturated rings. The van der Waals surface area contributed by atoms with E-state index in [1.165, 1.54) is 0 Å². The third kappa shape index (κ3) is 10.8. The summed E-state index contributed by atoms with van der Waals surface area (Å²) in [6.45, 7) is 7.90. The maximum absolute atomic E-state index is 12.7. The van der Waals surface area contributed by atoms with Crippen molar-refractivity contribution in [3.8, 4) is 35.1 Å². The molecule has 2 saturated carbocycles. The number of halogens is 4. The van der Waals surface area contributed by atoms with Gasteiger partial charge in [-0.15, -0.1) is 0 Å². The zero-order valence-electron chi connectivity index (χ0n) is 30.9. The fourth-order valence-electron chi connectivity index (χ4n) is 6.60. The van der Waals surface area contributed by atoms with Crippen molar-refractivity contribution < 1.29 is 28.5 Å². The molecule has 56 heavy (non-hydrogen) atoms. The van der Waals surface area contributed by atoms with Gasteiger partial charge in [-0.05, 0) is 109 Å². The van der Waals surface area contributed by atoms with E-state index < -0.39 is 18.2 Å². The lowest BCUT2D eigenvalue weighted by atomic mass is 10.1. The molecule has 6 rings (SSSR count). The van der Waals surface area contributed by atoms with Gasteiger partial charge in [0.05, 0.1) is 15.2 Å². The molecule has 6 atom stereocenters. The van der Waals surface area contributed by atoms with Gasteiger partial charge in [-0.25, -0.2) is 0 Å². The molecule has 0 heterocycles. The van der Waals surface area contributed by atoms with Crippen LogP contribution in [0, 0.1) is 57.2 Å². The number of allylic oxidation sites excluding steroid dienone is 2. The standard InChI is InChI=1S/C22H19Br2NO3.C22H19Cl2NO3/c2*1-22(2)17(12-19(23)24)20(22)21(26)28-18(13-25)14-7-6-10-16(11-14)27-15-8-4-3-5-9-15/h2*3-12,17-18,20H,1-2H3/t17-,18+,20-;17-,18?,20-/m00/s1. The number of carbonyl (C=O) groups is 2. The molecule has 12 heteroatoms. The van der Waals surface area contributed by atoms with E-state index in [2.05, 4.69) is 37.9 Å². The molecule has 0 radical (unpaired) electrons. The monoisotopic (exact) mass is 918 g/mol. The van der Waals surface area contributed by atoms with Gasteiger partial charge < -0.3 is 18.9 Å². The smallest absolute Gasteiger partial charge is 0.311 e. The molecule has 2 aliphatic rings. The van der Waals surface area contributed by atoms with Gasteiger partial charge in [-0.1, -0.05) is 118 Å². The van der Waals surface area contributed by atoms with Gasteiger partial charge in [0, 0.05) is 11.1 Å². The Morgan fingerprint density at radius 3 is 1.36 bits per heavy atom. The Morgan fingerprint density at radius 2 is 1.00 bits per heavy atom. The van der Waals surface area contributed by atoms with Crippen molar-refractivity contribution in [2.75, 3.05) is 0 Å². The quantitative estimate of drug-likeness (QED) is 0.129. The van der Waals surface area contributed by atoms with E-state index in [0.29, 0.717) is 34.1 Å². The van der Waals surface area contributed by atoms with Crippen LogP contribution < -0.4 is 9.47 Å². The fourth-order valence-corrected chi connectivity index (χ4v) is 7.44. The second-order valence-electron chi connectivity index (χ2n) is 14.4. The highest BCUT2D eigenvalue weighted by Gasteiger charge is 2.62. The lowest BCUT2D eigenvalue weighted by molar-refractivity contribution is -0.150. The molecule has 8 nitrogen and oxygen atoms in total. The Bertz CT molecular complexity index is 2020. The van der Waals surface area contributed by atoms with E-state index >= 15 is 0 Å². The van der Waals surface area contributed by atoms with Crippen molar-refractivity contribution >= 4 is 67.0 Å². The Balaban J connectivity index is 0.000000214. The summed E-state index contributed by atoms with van der Waals surface area (Å²) in [5.74, 6) is 0.972. The van der Waals surface area contributed by atoms with Crippen molar-refractivity contribution in [3.63, 3.8) is 0 Å². The average Bonchev–Trinajstić information content (AvgIpc) is 3.93. The van der Waals surface area contributed by atoms with Crippen molar-refractivity contribution in [2.24, 2.45) is 34.5 Å². The van der Waals surface area contributed by atoms with Crippen LogP contribution in [0.3, 0.4) is 0 Å². The van der Waals surface area contributed by atoms with Gasteiger partial charge in [0.1, 0.15) is 39.6 Å². The number of hydrogen-bond acceptors (Lipinski definition) is 8. The molecule has 0 bridgehead atoms. The number of nitrogens with zero attached hydrogens (tertiary/aromatic N) is 2. The maximum Gasteiger partial charge on any atom is 0.311 e. The van der Waals surface area contributed by atoms with E-state index in [-0.39, 0.29) is 45.0 Å². The third-order valence-corrected chi connectivity index (χ3v) is 10.7. The highest BCUT2D eigenvalue weighted by Crippen LogP contribution is 2.61. The van der Waals surface area contributed by atoms with Crippen molar-refractivity contribution in [2.45, 2.75) is 39.9 Å². The van der Waals surface area contributed by atoms with E-state index in [9.17, 15) is 20.1 Å². The van der Waals surface area contributed by atoms with E-state index in [4.69, 9.17) is 42.1 Å². The maximum atomic E-state index is 12.7. The van der Waals surface area contributed by atoms with Crippen LogP contribution >= 0.6 is 55.1 Å². The minimum absolute atomic E-state index is 0.0563. The molecule has 0 aliphatic heterocycles. The zero-order chi connectivity index (χ0) is 40.6. The SMILES string of the molecule is CC1(C)[C@H](C(=O)OC(C#N)c2cccc(Oc3ccccc3)c2)[C@@H]1C=C(Cl)Cl.CC1(C)[C@H](C(=O)O[C@H](C#N)c2cccc(Oc3ccccc3)c2)[C@@H]1C=C(Br)Br. The number of nitriles is 2. The van der Waals surface area contributed by atoms with E-state index in [1.54, 1.807) is 54.6 Å². The number of esters is 2. The Labute approximate surface area is 353 Å². The molecule has 0 amide bonds. The second kappa shape index (κ2) is 18.6. The molecule has 4 aromatic carbocycles. The summed E-state index contributed by atoms with van der Waals surface area (Å²) in [5, 5.41) is 19.1. The van der Waals surface area contributed by atoms with Crippen LogP contribution in [0.1, 0.15) is 51.0 Å². The highest BCUT2D eigenvalue weighted by atomic mass is 79.9. The van der Waals surface area contributed by atoms with Crippen LogP contribution in [0.4, 0.5) is 0 Å². The summed E-state index contributed by atoms with van der Waals surface area (Å²) >= 11 is 18.1. The van der Waals surface area contributed by atoms with Gasteiger partial charge in [0.2, 0.25) is 12.2 Å². The van der Waals surface area contributed by atoms with E-state index in [0.717, 1.165) is 3.39 Å². The minimum atomic E-state index is -1.03. The van der Waals surface area contributed by atoms with Gasteiger partial charge in [-0.3, -0.25) is 9.59 Å². The second-order valence-corrected chi connectivity index (χ2v) is 18.2. The average molecular weight is 922 g/mol. The van der Waals surface area contributed by atoms with Crippen LogP contribution in [0.2, 0.25) is 0 Å². The topological polar surface area (TPSA) is 119 Å². The molecule has 288 valence electrons. The molecule has 1 unspecified atom stereocenters. The lowest BCUT2D eigenvalue weighted by Gasteiger charge is -2.13. The molecule has 2 aliphatic carbocycles. The fraction of sp³-hybridized carbons (Fsp3) is 0.273. The van der Waals surface area contributed by atoms with Crippen LogP contribution in [-0.2, 0) is 19.1 Å². The first-order chi connectivity index (χ1) is 26.6. The van der Waals surface area contributed by atoms with Gasteiger partial charge in [0.15, 0.2) is 0 Å². The molecule has 0 saturated heterocycles. The first kappa shape index (κ1) is 42.6. The number of ether oxygens (including phenoxy) is 4. The zero-order valence-corrected chi connectivity index (χ0v) is 35.6. The largest absolute Gasteiger partial charge is 0.457 e. The van der Waals surface area contributed by atoms with Crippen molar-refractivity contribution in [1.29, 1.82) is 10.5 Å². The third-order valence-electron chi connectivity index (χ3n) is 9.92. The molecule has 4 aromatic rings. The summed E-state index contributed by atoms with van der Waals surface area (Å²) in [7, 11) is 0. The van der Waals surface area contributed by atoms with Crippen LogP contribution in [0.25, 0.3) is 0 Å². The van der Waals surface area contributed by atoms with Crippen LogP contribution in [0.5, 0.6) is 23.0 Å². The van der Waals surface area contributed by atoms with Gasteiger partial charge in [0.25, 0.3) is 0 Å². The summed E-state index contributed by atoms with van der Waals surface area (Å²) in [6.07, 6.45) is 1.58. The number of rotatable bonds is 12. The van der Waals surface area contributed by atoms with Crippen LogP contribution in [0.15, 0.2) is 129 Å². The Kier molecular flexibility index (Phi) is 14.1. The normalized spacial score (nSPS) is 20.4. The van der Waals surface area contributed by atoms with Crippen molar-refractivity contribution in [1.82, 2.24) is 0 Å². The predicted molar refractivity (Wildman–Crippen MR) is 222 cm³/mol. The minimum Gasteiger partial charge on any atom is -0.457 e. The van der Waals surface area contributed by atoms with Gasteiger partial charge in [-0.2, -0.15) is 10.5 Å². The highest BCUT2D eigenvalue weighted by molar-refractivity contribution is 9.28. The first-order valence-electron chi connectivity index (χ1n) is 17.6. The Hall–Kier alpha value is -4.58. The molecule has 0 spiro atoms. The summed E-state index contributed by atoms with van der Waals surface area (Å²) in [5.41, 5.74) is 0.605.